The van der Waals surface area contributed by atoms with Crippen molar-refractivity contribution in [2.75, 3.05) is 89.9 Å². The highest BCUT2D eigenvalue weighted by Crippen LogP contribution is 2.49. The third-order valence-corrected chi connectivity index (χ3v) is 14.3. The Morgan fingerprint density at radius 2 is 0.912 bits per heavy atom. The van der Waals surface area contributed by atoms with Crippen LogP contribution in [0, 0.1) is 0 Å². The van der Waals surface area contributed by atoms with Gasteiger partial charge in [0, 0.05) is 27.0 Å². The first-order chi connectivity index (χ1) is 42.5. The summed E-state index contributed by atoms with van der Waals surface area (Å²) in [5.74, 6) is -3.77. The fourth-order valence-corrected chi connectivity index (χ4v) is 8.96. The van der Waals surface area contributed by atoms with E-state index < -0.39 is 84.6 Å². The first-order valence-electron chi connectivity index (χ1n) is 28.7. The Kier molecular flexibility index (Phi) is 24.5. The molecule has 2 atom stereocenters. The first kappa shape index (κ1) is 71.7. The first-order valence-corrected chi connectivity index (χ1v) is 29.4. The van der Waals surface area contributed by atoms with Crippen molar-refractivity contribution >= 4 is 82.2 Å². The maximum atomic E-state index is 12.9. The molecular weight excluding hydrogens is 1250 g/mol. The molecule has 6 aromatic rings. The third-order valence-electron chi connectivity index (χ3n) is 13.8. The lowest BCUT2D eigenvalue weighted by Gasteiger charge is -2.24. The van der Waals surface area contributed by atoms with Crippen LogP contribution in [0.25, 0.3) is 0 Å². The normalized spacial score (nSPS) is 14.5. The lowest BCUT2D eigenvalue weighted by atomic mass is 10.1. The number of halogens is 8. The number of carbonyl (C=O) groups is 4. The number of benzene rings is 4. The van der Waals surface area contributed by atoms with E-state index in [2.05, 4.69) is 98.8 Å². The average Bonchev–Trinajstić information content (AvgIpc) is 1.65. The summed E-state index contributed by atoms with van der Waals surface area (Å²) in [6, 6.07) is 23.4. The number of alkyl halides is 6. The standard InChI is InChI=1S/C30H35ClF3N7O4.C21H17ClF3N5O3.C9H20N2O2/c1-41(2,3)17-5-4-6-23(25(43)44)36-24(42)19-7-13-22(14-8-19)35-26-37-27(39-28(38-26)45-18-30(32,33)34)40-29(15-16-29)20-9-11-21(31)12-10-20;22-14-5-3-13(4-6-14)20(9-10-20)30-18-27-17(28-19(29-18)33-11-21(23,24)25)26-15-7-1-12(2-8-15)16(31)32;1-11(2,3)7-5-4-6-8(10)9(12)13/h7-14,23H,4-6,15-18H2,1-3H3,(H3-,35,36,37,38,39,40,42,43,44);1-8H,9-11H2,(H,31,32)(H2,26,27,28,29,30);8H,4-7,10H2,1-3H3/p+2/t23-;;8-/m0.0/s1. The fourth-order valence-electron chi connectivity index (χ4n) is 8.71. The lowest BCUT2D eigenvalue weighted by Crippen LogP contribution is -2.41. The van der Waals surface area contributed by atoms with Crippen LogP contribution in [0.15, 0.2) is 97.1 Å². The number of amides is 1. The summed E-state index contributed by atoms with van der Waals surface area (Å²) in [5, 5.41) is 42.9. The molecular formula is C60H74Cl2F6N14O9+2. The largest absolute Gasteiger partial charge is 0.480 e. The summed E-state index contributed by atoms with van der Waals surface area (Å²) in [5.41, 5.74) is 7.37. The summed E-state index contributed by atoms with van der Waals surface area (Å²) in [6.07, 6.45) is -1.89. The molecule has 2 fully saturated rings. The number of anilines is 6. The number of nitrogens with zero attached hydrogens (tertiary/aromatic N) is 8. The predicted molar refractivity (Wildman–Crippen MR) is 329 cm³/mol. The molecule has 2 aliphatic rings. The number of carbonyl (C=O) groups excluding carboxylic acids is 1. The molecule has 2 heterocycles. The average molecular weight is 1320 g/mol. The molecule has 0 radical (unpaired) electrons. The minimum atomic E-state index is -4.60. The van der Waals surface area contributed by atoms with Crippen molar-refractivity contribution in [2.45, 2.75) is 99.7 Å². The Labute approximate surface area is 531 Å². The molecule has 10 N–H and O–H groups in total. The van der Waals surface area contributed by atoms with Crippen LogP contribution < -0.4 is 41.8 Å². The van der Waals surface area contributed by atoms with E-state index in [1.54, 1.807) is 24.3 Å². The van der Waals surface area contributed by atoms with E-state index in [9.17, 15) is 50.6 Å². The van der Waals surface area contributed by atoms with Crippen LogP contribution in [0.5, 0.6) is 12.0 Å². The molecule has 2 aliphatic carbocycles. The number of aliphatic carboxylic acids is 2. The Morgan fingerprint density at radius 3 is 1.25 bits per heavy atom. The topological polar surface area (TPSA) is 311 Å². The van der Waals surface area contributed by atoms with Gasteiger partial charge < -0.3 is 66.1 Å². The lowest BCUT2D eigenvalue weighted by molar-refractivity contribution is -0.870. The van der Waals surface area contributed by atoms with Gasteiger partial charge >= 0.3 is 42.3 Å². The number of hydrogen-bond donors (Lipinski definition) is 9. The molecule has 0 aliphatic heterocycles. The Hall–Kier alpha value is -8.38. The number of aromatic carboxylic acids is 1. The molecule has 91 heavy (non-hydrogen) atoms. The van der Waals surface area contributed by atoms with E-state index in [1.165, 1.54) is 48.5 Å². The predicted octanol–water partition coefficient (Wildman–Crippen LogP) is 10.7. The number of rotatable bonds is 29. The highest BCUT2D eigenvalue weighted by Gasteiger charge is 2.46. The van der Waals surface area contributed by atoms with Gasteiger partial charge in [0.2, 0.25) is 23.8 Å². The van der Waals surface area contributed by atoms with Crippen LogP contribution in [0.2, 0.25) is 10.0 Å². The number of carboxylic acid groups (broad SMARTS) is 3. The third kappa shape index (κ3) is 25.1. The quantitative estimate of drug-likeness (QED) is 0.0120. The van der Waals surface area contributed by atoms with Gasteiger partial charge in [-0.05, 0) is 148 Å². The molecule has 0 unspecified atom stereocenters. The summed E-state index contributed by atoms with van der Waals surface area (Å²) < 4.78 is 87.8. The second kappa shape index (κ2) is 31.1. The van der Waals surface area contributed by atoms with Gasteiger partial charge in [0.05, 0.1) is 72.0 Å². The van der Waals surface area contributed by atoms with E-state index >= 15 is 0 Å². The summed E-state index contributed by atoms with van der Waals surface area (Å²) in [6.45, 7) is -1.21. The molecule has 23 nitrogen and oxygen atoms in total. The van der Waals surface area contributed by atoms with E-state index in [-0.39, 0.29) is 34.9 Å². The number of ether oxygens (including phenoxy) is 2. The second-order valence-electron chi connectivity index (χ2n) is 23.8. The minimum absolute atomic E-state index is 0.00859. The number of hydrogen-bond acceptors (Lipinski definition) is 17. The molecule has 0 saturated heterocycles. The van der Waals surface area contributed by atoms with Gasteiger partial charge in [-0.3, -0.25) is 9.59 Å². The number of aromatic nitrogens is 6. The molecule has 1 amide bonds. The van der Waals surface area contributed by atoms with Gasteiger partial charge in [0.1, 0.15) is 12.1 Å². The molecule has 2 aromatic heterocycles. The maximum absolute atomic E-state index is 12.9. The number of quaternary nitrogens is 2. The molecule has 31 heteroatoms. The molecule has 4 aromatic carbocycles. The van der Waals surface area contributed by atoms with Crippen molar-refractivity contribution in [3.63, 3.8) is 0 Å². The van der Waals surface area contributed by atoms with Crippen LogP contribution >= 0.6 is 23.2 Å². The van der Waals surface area contributed by atoms with E-state index in [1.807, 2.05) is 24.3 Å². The number of nitrogens with one attached hydrogen (secondary N) is 5. The van der Waals surface area contributed by atoms with Gasteiger partial charge in [-0.1, -0.05) is 47.5 Å². The highest BCUT2D eigenvalue weighted by atomic mass is 35.5. The van der Waals surface area contributed by atoms with Gasteiger partial charge in [0.25, 0.3) is 5.91 Å². The van der Waals surface area contributed by atoms with E-state index in [0.29, 0.717) is 40.7 Å². The van der Waals surface area contributed by atoms with Crippen LogP contribution in [0.3, 0.4) is 0 Å². The van der Waals surface area contributed by atoms with Crippen LogP contribution in [0.1, 0.15) is 96.1 Å². The smallest absolute Gasteiger partial charge is 0.422 e. The number of unbranched alkanes of at least 4 members (excludes halogenated alkanes) is 2. The van der Waals surface area contributed by atoms with Crippen molar-refractivity contribution in [1.82, 2.24) is 35.2 Å². The molecule has 0 bridgehead atoms. The number of nitrogens with two attached hydrogens (primary N) is 1. The van der Waals surface area contributed by atoms with Crippen molar-refractivity contribution in [1.29, 1.82) is 0 Å². The van der Waals surface area contributed by atoms with E-state index in [4.69, 9.17) is 48.6 Å². The van der Waals surface area contributed by atoms with Crippen molar-refractivity contribution < 1.29 is 79.3 Å². The zero-order valence-electron chi connectivity index (χ0n) is 50.8. The molecule has 492 valence electrons. The monoisotopic (exact) mass is 1320 g/mol. The highest BCUT2D eigenvalue weighted by molar-refractivity contribution is 6.30. The Balaban J connectivity index is 0.000000249. The van der Waals surface area contributed by atoms with Crippen molar-refractivity contribution in [3.8, 4) is 12.0 Å². The van der Waals surface area contributed by atoms with E-state index in [0.717, 1.165) is 78.1 Å². The maximum Gasteiger partial charge on any atom is 0.422 e. The summed E-state index contributed by atoms with van der Waals surface area (Å²) >= 11 is 12.0. The summed E-state index contributed by atoms with van der Waals surface area (Å²) in [7, 11) is 12.5. The van der Waals surface area contributed by atoms with Crippen LogP contribution in [0.4, 0.5) is 61.5 Å². The van der Waals surface area contributed by atoms with Gasteiger partial charge in [0.15, 0.2) is 13.2 Å². The summed E-state index contributed by atoms with van der Waals surface area (Å²) in [4.78, 5) is 70.4. The molecule has 8 rings (SSSR count). The fraction of sp³-hybridized carbons (Fsp3) is 0.433. The zero-order chi connectivity index (χ0) is 67.0. The van der Waals surface area contributed by atoms with Gasteiger partial charge in [-0.2, -0.15) is 56.2 Å². The van der Waals surface area contributed by atoms with Crippen molar-refractivity contribution in [3.05, 3.63) is 129 Å². The van der Waals surface area contributed by atoms with Gasteiger partial charge in [-0.25, -0.2) is 9.59 Å². The SMILES string of the molecule is C[N+](C)(C)CCCC[C@H](N)C(=O)O.C[N+](C)(C)CCCC[C@H](NC(=O)c1ccc(Nc2nc(NC3(c4ccc(Cl)cc4)CC3)nc(OCC(F)(F)F)n2)cc1)C(=O)O.O=C(O)c1ccc(Nc2nc(NC3(c4ccc(Cl)cc4)CC3)nc(OCC(F)(F)F)n2)cc1. The second-order valence-corrected chi connectivity index (χ2v) is 24.7. The molecule has 0 spiro atoms. The van der Waals surface area contributed by atoms with Crippen molar-refractivity contribution in [2.24, 2.45) is 5.73 Å². The molecule has 2 saturated carbocycles. The Bertz CT molecular complexity index is 3390. The number of carboxylic acids is 3. The zero-order valence-corrected chi connectivity index (χ0v) is 52.3. The van der Waals surface area contributed by atoms with Crippen LogP contribution in [-0.2, 0) is 20.7 Å². The Morgan fingerprint density at radius 1 is 0.538 bits per heavy atom. The van der Waals surface area contributed by atoms with Crippen LogP contribution in [-0.4, -0.2) is 171 Å². The minimum Gasteiger partial charge on any atom is -0.480 e. The van der Waals surface area contributed by atoms with Gasteiger partial charge in [-0.15, -0.1) is 0 Å².